The van der Waals surface area contributed by atoms with Crippen LogP contribution < -0.4 is 4.73 Å². The van der Waals surface area contributed by atoms with E-state index >= 15 is 0 Å². The third kappa shape index (κ3) is 1.85. The molecule has 0 spiro atoms. The number of hydrogen-bond donors (Lipinski definition) is 0. The van der Waals surface area contributed by atoms with Gasteiger partial charge >= 0.3 is 0 Å². The molecule has 0 unspecified atom stereocenters. The molecule has 0 fully saturated rings. The minimum Gasteiger partial charge on any atom is -0.618 e. The van der Waals surface area contributed by atoms with Crippen molar-refractivity contribution < 1.29 is 4.73 Å². The van der Waals surface area contributed by atoms with Crippen molar-refractivity contribution in [2.45, 2.75) is 20.8 Å². The number of hydrogen-bond acceptors (Lipinski definition) is 3. The predicted molar refractivity (Wildman–Crippen MR) is 60.7 cm³/mol. The van der Waals surface area contributed by atoms with Gasteiger partial charge in [-0.15, -0.1) is 11.3 Å². The first kappa shape index (κ1) is 10.1. The molecular formula is C11H12N2OS. The maximum absolute atomic E-state index is 11.6. The Balaban J connectivity index is 2.62. The number of aromatic nitrogens is 2. The highest BCUT2D eigenvalue weighted by molar-refractivity contribution is 7.15. The van der Waals surface area contributed by atoms with Crippen LogP contribution in [0.1, 0.15) is 16.3 Å². The first-order chi connectivity index (χ1) is 7.08. The first-order valence-corrected chi connectivity index (χ1v) is 5.54. The molecule has 0 aliphatic carbocycles. The Bertz CT molecular complexity index is 505. The van der Waals surface area contributed by atoms with Crippen LogP contribution in [0.4, 0.5) is 0 Å². The van der Waals surface area contributed by atoms with Gasteiger partial charge in [-0.1, -0.05) is 0 Å². The molecule has 0 saturated heterocycles. The third-order valence-electron chi connectivity index (χ3n) is 2.21. The Morgan fingerprint density at radius 1 is 1.33 bits per heavy atom. The Labute approximate surface area is 92.6 Å². The van der Waals surface area contributed by atoms with Crippen molar-refractivity contribution in [2.24, 2.45) is 0 Å². The summed E-state index contributed by atoms with van der Waals surface area (Å²) in [6.07, 6.45) is 1.54. The van der Waals surface area contributed by atoms with Crippen molar-refractivity contribution >= 4 is 11.3 Å². The highest BCUT2D eigenvalue weighted by Crippen LogP contribution is 2.27. The van der Waals surface area contributed by atoms with Crippen LogP contribution >= 0.6 is 11.3 Å². The molecular weight excluding hydrogens is 208 g/mol. The molecule has 2 heterocycles. The SMILES string of the molecule is Cc1cc[n+]([O-])c(-c2sc(C)nc2C)c1. The largest absolute Gasteiger partial charge is 0.618 e. The zero-order valence-corrected chi connectivity index (χ0v) is 9.76. The van der Waals surface area contributed by atoms with Gasteiger partial charge in [-0.25, -0.2) is 4.98 Å². The van der Waals surface area contributed by atoms with Crippen LogP contribution in [-0.4, -0.2) is 4.98 Å². The summed E-state index contributed by atoms with van der Waals surface area (Å²) in [4.78, 5) is 5.29. The van der Waals surface area contributed by atoms with Gasteiger partial charge in [0.2, 0.25) is 5.69 Å². The van der Waals surface area contributed by atoms with Crippen molar-refractivity contribution in [1.82, 2.24) is 4.98 Å². The van der Waals surface area contributed by atoms with Crippen LogP contribution in [0.15, 0.2) is 18.3 Å². The lowest BCUT2D eigenvalue weighted by Gasteiger charge is -2.03. The molecule has 0 aliphatic rings. The summed E-state index contributed by atoms with van der Waals surface area (Å²) < 4.78 is 0.896. The molecule has 0 atom stereocenters. The molecule has 0 aromatic carbocycles. The predicted octanol–water partition coefficient (Wildman–Crippen LogP) is 2.37. The topological polar surface area (TPSA) is 39.8 Å². The van der Waals surface area contributed by atoms with Gasteiger partial charge in [-0.2, -0.15) is 4.73 Å². The number of pyridine rings is 1. The average molecular weight is 220 g/mol. The van der Waals surface area contributed by atoms with Crippen LogP contribution in [-0.2, 0) is 0 Å². The zero-order chi connectivity index (χ0) is 11.0. The molecule has 2 rings (SSSR count). The monoisotopic (exact) mass is 220 g/mol. The van der Waals surface area contributed by atoms with Crippen LogP contribution in [0.3, 0.4) is 0 Å². The normalized spacial score (nSPS) is 10.6. The van der Waals surface area contributed by atoms with E-state index in [4.69, 9.17) is 0 Å². The van der Waals surface area contributed by atoms with E-state index in [-0.39, 0.29) is 0 Å². The Hall–Kier alpha value is -1.42. The fourth-order valence-electron chi connectivity index (χ4n) is 1.53. The standard InChI is InChI=1S/C11H12N2OS/c1-7-4-5-13(14)10(6-7)11-8(2)12-9(3)15-11/h4-6H,1-3H3. The van der Waals surface area contributed by atoms with E-state index in [1.54, 1.807) is 23.6 Å². The molecule has 0 bridgehead atoms. The summed E-state index contributed by atoms with van der Waals surface area (Å²) in [6, 6.07) is 3.70. The van der Waals surface area contributed by atoms with Gasteiger partial charge in [-0.05, 0) is 26.3 Å². The molecule has 3 nitrogen and oxygen atoms in total. The van der Waals surface area contributed by atoms with E-state index in [1.807, 2.05) is 26.8 Å². The number of thiazole rings is 1. The summed E-state index contributed by atoms with van der Waals surface area (Å²) in [5.41, 5.74) is 2.70. The first-order valence-electron chi connectivity index (χ1n) is 4.72. The molecule has 0 aliphatic heterocycles. The van der Waals surface area contributed by atoms with Crippen LogP contribution in [0, 0.1) is 26.0 Å². The highest BCUT2D eigenvalue weighted by atomic mass is 32.1. The van der Waals surface area contributed by atoms with Gasteiger partial charge in [0, 0.05) is 12.1 Å². The minimum atomic E-state index is 0.693. The van der Waals surface area contributed by atoms with E-state index in [2.05, 4.69) is 4.98 Å². The molecule has 0 amide bonds. The van der Waals surface area contributed by atoms with Crippen LogP contribution in [0.25, 0.3) is 10.6 Å². The summed E-state index contributed by atoms with van der Waals surface area (Å²) in [5, 5.41) is 12.6. The molecule has 0 N–H and O–H groups in total. The van der Waals surface area contributed by atoms with E-state index in [0.29, 0.717) is 5.69 Å². The lowest BCUT2D eigenvalue weighted by Crippen LogP contribution is -2.28. The van der Waals surface area contributed by atoms with E-state index in [9.17, 15) is 5.21 Å². The van der Waals surface area contributed by atoms with Crippen molar-refractivity contribution in [3.63, 3.8) is 0 Å². The fourth-order valence-corrected chi connectivity index (χ4v) is 2.45. The lowest BCUT2D eigenvalue weighted by molar-refractivity contribution is -0.593. The van der Waals surface area contributed by atoms with Gasteiger partial charge in [0.25, 0.3) is 0 Å². The number of rotatable bonds is 1. The second kappa shape index (κ2) is 3.62. The van der Waals surface area contributed by atoms with Crippen molar-refractivity contribution in [2.75, 3.05) is 0 Å². The number of nitrogens with zero attached hydrogens (tertiary/aromatic N) is 2. The Morgan fingerprint density at radius 3 is 2.67 bits per heavy atom. The van der Waals surface area contributed by atoms with E-state index in [1.165, 1.54) is 0 Å². The van der Waals surface area contributed by atoms with E-state index < -0.39 is 0 Å². The van der Waals surface area contributed by atoms with Crippen LogP contribution in [0.5, 0.6) is 0 Å². The summed E-state index contributed by atoms with van der Waals surface area (Å²) in [6.45, 7) is 5.86. The van der Waals surface area contributed by atoms with Crippen molar-refractivity contribution in [3.8, 4) is 10.6 Å². The molecule has 4 heteroatoms. The Morgan fingerprint density at radius 2 is 2.07 bits per heavy atom. The van der Waals surface area contributed by atoms with Crippen molar-refractivity contribution in [3.05, 3.63) is 39.8 Å². The van der Waals surface area contributed by atoms with Crippen LogP contribution in [0.2, 0.25) is 0 Å². The molecule has 2 aromatic heterocycles. The van der Waals surface area contributed by atoms with Gasteiger partial charge in [0.1, 0.15) is 4.88 Å². The summed E-state index contributed by atoms with van der Waals surface area (Å²) >= 11 is 1.56. The highest BCUT2D eigenvalue weighted by Gasteiger charge is 2.15. The fraction of sp³-hybridized carbons (Fsp3) is 0.273. The summed E-state index contributed by atoms with van der Waals surface area (Å²) in [5.74, 6) is 0. The van der Waals surface area contributed by atoms with Gasteiger partial charge in [0.05, 0.1) is 10.7 Å². The molecule has 2 aromatic rings. The molecule has 0 saturated carbocycles. The maximum Gasteiger partial charge on any atom is 0.236 e. The molecule has 15 heavy (non-hydrogen) atoms. The summed E-state index contributed by atoms with van der Waals surface area (Å²) in [7, 11) is 0. The van der Waals surface area contributed by atoms with Gasteiger partial charge in [-0.3, -0.25) is 0 Å². The average Bonchev–Trinajstić information content (AvgIpc) is 2.50. The Kier molecular flexibility index (Phi) is 2.44. The molecule has 0 radical (unpaired) electrons. The van der Waals surface area contributed by atoms with Crippen molar-refractivity contribution in [1.29, 1.82) is 0 Å². The smallest absolute Gasteiger partial charge is 0.236 e. The van der Waals surface area contributed by atoms with E-state index in [0.717, 1.165) is 25.9 Å². The van der Waals surface area contributed by atoms with Gasteiger partial charge < -0.3 is 5.21 Å². The lowest BCUT2D eigenvalue weighted by atomic mass is 10.2. The molecule has 78 valence electrons. The number of aryl methyl sites for hydroxylation is 3. The second-order valence-corrected chi connectivity index (χ2v) is 4.77. The quantitative estimate of drug-likeness (QED) is 0.546. The third-order valence-corrected chi connectivity index (χ3v) is 3.31. The maximum atomic E-state index is 11.6. The minimum absolute atomic E-state index is 0.693. The zero-order valence-electron chi connectivity index (χ0n) is 8.94. The second-order valence-electron chi connectivity index (χ2n) is 3.56. The van der Waals surface area contributed by atoms with Gasteiger partial charge in [0.15, 0.2) is 6.20 Å².